The molecule has 0 N–H and O–H groups in total. The fourth-order valence-corrected chi connectivity index (χ4v) is 1.59. The van der Waals surface area contributed by atoms with Gasteiger partial charge in [-0.05, 0) is 13.8 Å². The molecule has 0 aromatic rings. The third-order valence-electron chi connectivity index (χ3n) is 2.17. The highest BCUT2D eigenvalue weighted by atomic mass is 16.8. The summed E-state index contributed by atoms with van der Waals surface area (Å²) in [6.07, 6.45) is -0.423. The largest absolute Gasteiger partial charge is 0.469 e. The Kier molecular flexibility index (Phi) is 3.66. The minimum Gasteiger partial charge on any atom is -0.469 e. The molecule has 0 aromatic carbocycles. The van der Waals surface area contributed by atoms with Crippen molar-refractivity contribution in [2.24, 2.45) is 0 Å². The summed E-state index contributed by atoms with van der Waals surface area (Å²) in [5, 5.41) is 8.60. The Morgan fingerprint density at radius 2 is 2.07 bits per heavy atom. The first kappa shape index (κ1) is 12.0. The third kappa shape index (κ3) is 3.18. The van der Waals surface area contributed by atoms with Gasteiger partial charge < -0.3 is 14.2 Å². The predicted octanol–water partition coefficient (Wildman–Crippen LogP) is 0.983. The lowest BCUT2D eigenvalue weighted by molar-refractivity contribution is -0.154. The van der Waals surface area contributed by atoms with E-state index in [1.165, 1.54) is 7.11 Å². The maximum atomic E-state index is 11.1. The summed E-state index contributed by atoms with van der Waals surface area (Å²) in [6.45, 7) is 3.52. The number of methoxy groups -OCH3 is 1. The molecule has 5 nitrogen and oxygen atoms in total. The first-order chi connectivity index (χ1) is 6.98. The van der Waals surface area contributed by atoms with Crippen LogP contribution in [0.4, 0.5) is 0 Å². The van der Waals surface area contributed by atoms with Crippen molar-refractivity contribution in [3.8, 4) is 6.07 Å². The molecule has 0 aromatic heterocycles. The van der Waals surface area contributed by atoms with Gasteiger partial charge in [-0.3, -0.25) is 4.79 Å². The Morgan fingerprint density at radius 1 is 1.47 bits per heavy atom. The SMILES string of the molecule is COC(=O)C[C@@H]1OC(C)(C)O[C@H]1CC#N. The molecular formula is C10H15NO4. The number of nitrogens with zero attached hydrogens (tertiary/aromatic N) is 1. The number of ether oxygens (including phenoxy) is 3. The number of rotatable bonds is 3. The van der Waals surface area contributed by atoms with Crippen molar-refractivity contribution in [1.82, 2.24) is 0 Å². The van der Waals surface area contributed by atoms with Crippen LogP contribution in [0.15, 0.2) is 0 Å². The topological polar surface area (TPSA) is 68.6 Å². The first-order valence-electron chi connectivity index (χ1n) is 4.78. The van der Waals surface area contributed by atoms with E-state index in [0.29, 0.717) is 0 Å². The van der Waals surface area contributed by atoms with E-state index in [0.717, 1.165) is 0 Å². The molecule has 84 valence electrons. The van der Waals surface area contributed by atoms with Crippen LogP contribution in [0, 0.1) is 11.3 Å². The molecule has 15 heavy (non-hydrogen) atoms. The second-order valence-electron chi connectivity index (χ2n) is 3.85. The van der Waals surface area contributed by atoms with Gasteiger partial charge in [0.1, 0.15) is 6.10 Å². The lowest BCUT2D eigenvalue weighted by Crippen LogP contribution is -2.25. The van der Waals surface area contributed by atoms with Crippen LogP contribution in [0.3, 0.4) is 0 Å². The molecule has 5 heteroatoms. The molecule has 0 aliphatic carbocycles. The molecule has 0 spiro atoms. The molecule has 1 rings (SSSR count). The Labute approximate surface area is 88.9 Å². The summed E-state index contributed by atoms with van der Waals surface area (Å²) in [4.78, 5) is 11.1. The summed E-state index contributed by atoms with van der Waals surface area (Å²) in [7, 11) is 1.32. The molecule has 0 saturated carbocycles. The third-order valence-corrected chi connectivity index (χ3v) is 2.17. The van der Waals surface area contributed by atoms with Gasteiger partial charge in [0.05, 0.1) is 32.1 Å². The molecule has 0 bridgehead atoms. The quantitative estimate of drug-likeness (QED) is 0.654. The highest BCUT2D eigenvalue weighted by Crippen LogP contribution is 2.31. The maximum Gasteiger partial charge on any atom is 0.308 e. The van der Waals surface area contributed by atoms with Crippen molar-refractivity contribution in [3.05, 3.63) is 0 Å². The smallest absolute Gasteiger partial charge is 0.308 e. The molecule has 0 amide bonds. The second kappa shape index (κ2) is 4.60. The average Bonchev–Trinajstić information content (AvgIpc) is 2.41. The van der Waals surface area contributed by atoms with Gasteiger partial charge in [-0.2, -0.15) is 5.26 Å². The van der Waals surface area contributed by atoms with Crippen LogP contribution in [0.1, 0.15) is 26.7 Å². The summed E-state index contributed by atoms with van der Waals surface area (Å²) >= 11 is 0. The van der Waals surface area contributed by atoms with Gasteiger partial charge in [-0.1, -0.05) is 0 Å². The van der Waals surface area contributed by atoms with Crippen molar-refractivity contribution in [3.63, 3.8) is 0 Å². The van der Waals surface area contributed by atoms with E-state index in [-0.39, 0.29) is 24.9 Å². The molecule has 1 heterocycles. The van der Waals surface area contributed by atoms with Crippen LogP contribution in [0.5, 0.6) is 0 Å². The normalized spacial score (nSPS) is 28.4. The zero-order chi connectivity index (χ0) is 11.5. The molecule has 1 aliphatic rings. The lowest BCUT2D eigenvalue weighted by atomic mass is 10.1. The van der Waals surface area contributed by atoms with Crippen molar-refractivity contribution in [2.45, 2.75) is 44.7 Å². The number of nitriles is 1. The zero-order valence-electron chi connectivity index (χ0n) is 9.15. The van der Waals surface area contributed by atoms with E-state index in [2.05, 4.69) is 4.74 Å². The van der Waals surface area contributed by atoms with Crippen molar-refractivity contribution in [1.29, 1.82) is 5.26 Å². The van der Waals surface area contributed by atoms with Gasteiger partial charge >= 0.3 is 5.97 Å². The number of hydrogen-bond acceptors (Lipinski definition) is 5. The number of hydrogen-bond donors (Lipinski definition) is 0. The van der Waals surface area contributed by atoms with E-state index in [1.54, 1.807) is 13.8 Å². The monoisotopic (exact) mass is 213 g/mol. The molecule has 0 unspecified atom stereocenters. The van der Waals surface area contributed by atoms with Crippen LogP contribution in [0.2, 0.25) is 0 Å². The van der Waals surface area contributed by atoms with Crippen LogP contribution in [-0.4, -0.2) is 31.1 Å². The number of carbonyl (C=O) groups excluding carboxylic acids is 1. The fraction of sp³-hybridized carbons (Fsp3) is 0.800. The minimum atomic E-state index is -0.736. The van der Waals surface area contributed by atoms with E-state index in [1.807, 2.05) is 6.07 Å². The highest BCUT2D eigenvalue weighted by Gasteiger charge is 2.42. The molecule has 1 fully saturated rings. The molecule has 2 atom stereocenters. The second-order valence-corrected chi connectivity index (χ2v) is 3.85. The van der Waals surface area contributed by atoms with E-state index < -0.39 is 11.9 Å². The predicted molar refractivity (Wildman–Crippen MR) is 50.7 cm³/mol. The van der Waals surface area contributed by atoms with Gasteiger partial charge in [0, 0.05) is 0 Å². The average molecular weight is 213 g/mol. The number of esters is 1. The highest BCUT2D eigenvalue weighted by molar-refractivity contribution is 5.69. The lowest BCUT2D eigenvalue weighted by Gasteiger charge is -2.16. The maximum absolute atomic E-state index is 11.1. The Hall–Kier alpha value is -1.12. The van der Waals surface area contributed by atoms with E-state index in [4.69, 9.17) is 14.7 Å². The van der Waals surface area contributed by atoms with Crippen molar-refractivity contribution < 1.29 is 19.0 Å². The van der Waals surface area contributed by atoms with Crippen LogP contribution >= 0.6 is 0 Å². The Bertz CT molecular complexity index is 282. The Morgan fingerprint density at radius 3 is 2.60 bits per heavy atom. The van der Waals surface area contributed by atoms with Crippen LogP contribution in [0.25, 0.3) is 0 Å². The molecule has 1 aliphatic heterocycles. The van der Waals surface area contributed by atoms with Gasteiger partial charge in [-0.25, -0.2) is 0 Å². The Balaban J connectivity index is 2.61. The van der Waals surface area contributed by atoms with E-state index in [9.17, 15) is 4.79 Å². The first-order valence-corrected chi connectivity index (χ1v) is 4.78. The number of carbonyl (C=O) groups is 1. The van der Waals surface area contributed by atoms with Gasteiger partial charge in [-0.15, -0.1) is 0 Å². The minimum absolute atomic E-state index is 0.117. The van der Waals surface area contributed by atoms with Crippen molar-refractivity contribution in [2.75, 3.05) is 7.11 Å². The fourth-order valence-electron chi connectivity index (χ4n) is 1.59. The summed E-state index contributed by atoms with van der Waals surface area (Å²) in [6, 6.07) is 2.01. The van der Waals surface area contributed by atoms with Gasteiger partial charge in [0.2, 0.25) is 0 Å². The van der Waals surface area contributed by atoms with Crippen molar-refractivity contribution >= 4 is 5.97 Å². The molecule has 0 radical (unpaired) electrons. The summed E-state index contributed by atoms with van der Waals surface area (Å²) < 4.78 is 15.6. The molecule has 1 saturated heterocycles. The standard InChI is InChI=1S/C10H15NO4/c1-10(2)14-7(4-5-11)8(15-10)6-9(12)13-3/h7-8H,4,6H2,1-3H3/t7-,8-/m0/s1. The molecular weight excluding hydrogens is 198 g/mol. The van der Waals surface area contributed by atoms with Gasteiger partial charge in [0.15, 0.2) is 5.79 Å². The van der Waals surface area contributed by atoms with Crippen LogP contribution < -0.4 is 0 Å². The zero-order valence-corrected chi connectivity index (χ0v) is 9.15. The summed E-state index contributed by atoms with van der Waals surface area (Å²) in [5.74, 6) is -1.09. The summed E-state index contributed by atoms with van der Waals surface area (Å²) in [5.41, 5.74) is 0. The van der Waals surface area contributed by atoms with Gasteiger partial charge in [0.25, 0.3) is 0 Å². The van der Waals surface area contributed by atoms with Crippen LogP contribution in [-0.2, 0) is 19.0 Å². The van der Waals surface area contributed by atoms with E-state index >= 15 is 0 Å².